The molecule has 3 aromatic carbocycles. The fraction of sp³-hybridized carbons (Fsp3) is 0.394. The number of nitrogens with one attached hydrogen (secondary N) is 1. The second-order valence-corrected chi connectivity index (χ2v) is 13.6. The van der Waals surface area contributed by atoms with Gasteiger partial charge in [-0.3, -0.25) is 18.2 Å². The van der Waals surface area contributed by atoms with Gasteiger partial charge in [0.2, 0.25) is 0 Å². The molecule has 1 fully saturated rings. The van der Waals surface area contributed by atoms with Crippen molar-refractivity contribution in [3.05, 3.63) is 75.2 Å². The average molecular weight is 620 g/mol. The maximum absolute atomic E-state index is 13.6. The Balaban J connectivity index is 1.31. The molecule has 1 aliphatic heterocycles. The number of rotatable bonds is 8. The average Bonchev–Trinajstić information content (AvgIpc) is 3.21. The molecule has 0 unspecified atom stereocenters. The van der Waals surface area contributed by atoms with Gasteiger partial charge in [0.15, 0.2) is 6.61 Å². The highest BCUT2D eigenvalue weighted by Crippen LogP contribution is 2.34. The van der Waals surface area contributed by atoms with Crippen LogP contribution in [0.15, 0.2) is 52.2 Å². The van der Waals surface area contributed by atoms with Gasteiger partial charge in [-0.15, -0.1) is 0 Å². The molecular weight excluding hydrogens is 578 g/mol. The van der Waals surface area contributed by atoms with Gasteiger partial charge in [0.25, 0.3) is 15.9 Å². The van der Waals surface area contributed by atoms with E-state index in [2.05, 4.69) is 10.2 Å². The summed E-state index contributed by atoms with van der Waals surface area (Å²) in [6.07, 6.45) is 3.31. The minimum Gasteiger partial charge on any atom is -0.484 e. The molecule has 0 aliphatic carbocycles. The van der Waals surface area contributed by atoms with E-state index >= 15 is 0 Å². The number of piperidine rings is 1. The molecule has 44 heavy (non-hydrogen) atoms. The first-order valence-corrected chi connectivity index (χ1v) is 16.3. The van der Waals surface area contributed by atoms with Crippen LogP contribution in [0.3, 0.4) is 0 Å². The number of aromatic nitrogens is 2. The lowest BCUT2D eigenvalue weighted by Gasteiger charge is -2.30. The van der Waals surface area contributed by atoms with Crippen molar-refractivity contribution in [2.24, 2.45) is 14.1 Å². The standard InChI is InChI=1S/C33H41N5O5S/c1-21-17-22(2)24(4)32(23(21)3)44(41,42)37(7)25-11-13-26(14-12-25)43-20-31(39)34-27-18-29-30(36(6)33(40)35(29)5)19-28(27)38-15-9-8-10-16-38/h11-14,17-19H,8-10,15-16,20H2,1-7H3,(H,34,39). The number of carbonyl (C=O) groups is 1. The van der Waals surface area contributed by atoms with Crippen LogP contribution in [-0.4, -0.2) is 50.2 Å². The van der Waals surface area contributed by atoms with Crippen molar-refractivity contribution in [2.75, 3.05) is 41.3 Å². The first-order chi connectivity index (χ1) is 20.8. The molecule has 0 atom stereocenters. The molecule has 11 heteroatoms. The Morgan fingerprint density at radius 1 is 0.886 bits per heavy atom. The van der Waals surface area contributed by atoms with Gasteiger partial charge in [0, 0.05) is 34.2 Å². The van der Waals surface area contributed by atoms with E-state index in [1.54, 1.807) is 47.5 Å². The highest BCUT2D eigenvalue weighted by Gasteiger charge is 2.27. The number of ether oxygens (including phenoxy) is 1. The summed E-state index contributed by atoms with van der Waals surface area (Å²) in [6.45, 7) is 9.02. The number of aryl methyl sites for hydroxylation is 4. The number of hydrogen-bond donors (Lipinski definition) is 1. The third kappa shape index (κ3) is 5.68. The molecule has 1 aliphatic rings. The lowest BCUT2D eigenvalue weighted by atomic mass is 10.0. The molecule has 2 heterocycles. The summed E-state index contributed by atoms with van der Waals surface area (Å²) >= 11 is 0. The summed E-state index contributed by atoms with van der Waals surface area (Å²) in [7, 11) is 1.20. The van der Waals surface area contributed by atoms with E-state index in [1.165, 1.54) is 17.8 Å². The predicted octanol–water partition coefficient (Wildman–Crippen LogP) is 4.94. The van der Waals surface area contributed by atoms with Gasteiger partial charge >= 0.3 is 5.69 Å². The number of imidazole rings is 1. The van der Waals surface area contributed by atoms with Gasteiger partial charge in [0.1, 0.15) is 5.75 Å². The first-order valence-electron chi connectivity index (χ1n) is 14.8. The SMILES string of the molecule is Cc1cc(C)c(C)c(S(=O)(=O)N(C)c2ccc(OCC(=O)Nc3cc4c(cc3N3CCCCC3)n(C)c(=O)n4C)cc2)c1C. The molecule has 234 valence electrons. The Hall–Kier alpha value is -4.25. The molecule has 1 amide bonds. The van der Waals surface area contributed by atoms with Crippen LogP contribution in [0.25, 0.3) is 11.0 Å². The van der Waals surface area contributed by atoms with E-state index in [0.717, 1.165) is 64.9 Å². The predicted molar refractivity (Wildman–Crippen MR) is 176 cm³/mol. The molecule has 1 N–H and O–H groups in total. The summed E-state index contributed by atoms with van der Waals surface area (Å²) in [5.74, 6) is 0.0960. The first kappa shape index (κ1) is 31.2. The molecular formula is C33H41N5O5S. The molecule has 1 aromatic heterocycles. The van der Waals surface area contributed by atoms with Crippen molar-refractivity contribution in [1.29, 1.82) is 0 Å². The zero-order valence-corrected chi connectivity index (χ0v) is 27.3. The molecule has 5 rings (SSSR count). The highest BCUT2D eigenvalue weighted by molar-refractivity contribution is 7.93. The summed E-state index contributed by atoms with van der Waals surface area (Å²) in [5, 5.41) is 3.00. The van der Waals surface area contributed by atoms with Crippen LogP contribution < -0.4 is 24.9 Å². The normalized spacial score (nSPS) is 13.8. The number of sulfonamides is 1. The minimum atomic E-state index is -3.80. The molecule has 0 saturated carbocycles. The fourth-order valence-corrected chi connectivity index (χ4v) is 7.73. The molecule has 0 bridgehead atoms. The summed E-state index contributed by atoms with van der Waals surface area (Å²) in [6, 6.07) is 12.5. The Bertz CT molecular complexity index is 1880. The number of carbonyl (C=O) groups excluding carboxylic acids is 1. The minimum absolute atomic E-state index is 0.127. The van der Waals surface area contributed by atoms with Crippen LogP contribution in [0.1, 0.15) is 41.5 Å². The molecule has 1 saturated heterocycles. The van der Waals surface area contributed by atoms with E-state index in [-0.39, 0.29) is 18.2 Å². The van der Waals surface area contributed by atoms with Crippen molar-refractivity contribution < 1.29 is 17.9 Å². The monoisotopic (exact) mass is 619 g/mol. The summed E-state index contributed by atoms with van der Waals surface area (Å²) in [4.78, 5) is 28.2. The van der Waals surface area contributed by atoms with Crippen molar-refractivity contribution in [1.82, 2.24) is 9.13 Å². The lowest BCUT2D eigenvalue weighted by molar-refractivity contribution is -0.118. The van der Waals surface area contributed by atoms with Crippen molar-refractivity contribution in [2.45, 2.75) is 51.9 Å². The number of amides is 1. The van der Waals surface area contributed by atoms with E-state index in [4.69, 9.17) is 4.74 Å². The highest BCUT2D eigenvalue weighted by atomic mass is 32.2. The summed E-state index contributed by atoms with van der Waals surface area (Å²) < 4.78 is 37.5. The van der Waals surface area contributed by atoms with Gasteiger partial charge in [0.05, 0.1) is 33.0 Å². The van der Waals surface area contributed by atoms with E-state index in [1.807, 2.05) is 45.9 Å². The van der Waals surface area contributed by atoms with Crippen LogP contribution in [0.2, 0.25) is 0 Å². The van der Waals surface area contributed by atoms with E-state index in [9.17, 15) is 18.0 Å². The zero-order valence-electron chi connectivity index (χ0n) is 26.5. The Labute approximate surface area is 258 Å². The van der Waals surface area contributed by atoms with Crippen molar-refractivity contribution in [3.8, 4) is 5.75 Å². The van der Waals surface area contributed by atoms with Crippen molar-refractivity contribution >= 4 is 44.0 Å². The largest absolute Gasteiger partial charge is 0.484 e. The third-order valence-electron chi connectivity index (χ3n) is 8.85. The van der Waals surface area contributed by atoms with Crippen molar-refractivity contribution in [3.63, 3.8) is 0 Å². The topological polar surface area (TPSA) is 106 Å². The maximum atomic E-state index is 13.6. The molecule has 0 radical (unpaired) electrons. The Morgan fingerprint density at radius 2 is 1.45 bits per heavy atom. The van der Waals surface area contributed by atoms with Gasteiger partial charge in [-0.25, -0.2) is 13.2 Å². The lowest BCUT2D eigenvalue weighted by Crippen LogP contribution is -2.31. The summed E-state index contributed by atoms with van der Waals surface area (Å²) in [5.41, 5.74) is 6.74. The number of anilines is 3. The zero-order chi connectivity index (χ0) is 31.9. The molecule has 0 spiro atoms. The van der Waals surface area contributed by atoms with Gasteiger partial charge < -0.3 is 15.0 Å². The van der Waals surface area contributed by atoms with Gasteiger partial charge in [-0.05, 0) is 106 Å². The second kappa shape index (κ2) is 12.0. The Kier molecular flexibility index (Phi) is 8.53. The number of fused-ring (bicyclic) bond motifs is 1. The third-order valence-corrected chi connectivity index (χ3v) is 10.9. The van der Waals surface area contributed by atoms with Crippen LogP contribution in [0.5, 0.6) is 5.75 Å². The van der Waals surface area contributed by atoms with Crippen LogP contribution in [0, 0.1) is 27.7 Å². The second-order valence-electron chi connectivity index (χ2n) is 11.7. The van der Waals surface area contributed by atoms with Crippen LogP contribution in [-0.2, 0) is 28.9 Å². The van der Waals surface area contributed by atoms with Crippen LogP contribution in [0.4, 0.5) is 17.1 Å². The number of nitrogens with zero attached hydrogens (tertiary/aromatic N) is 4. The molecule has 4 aromatic rings. The maximum Gasteiger partial charge on any atom is 0.328 e. The molecule has 10 nitrogen and oxygen atoms in total. The van der Waals surface area contributed by atoms with Gasteiger partial charge in [-0.1, -0.05) is 6.07 Å². The number of benzene rings is 3. The van der Waals surface area contributed by atoms with Crippen LogP contribution >= 0.6 is 0 Å². The van der Waals surface area contributed by atoms with E-state index < -0.39 is 10.0 Å². The Morgan fingerprint density at radius 3 is 2.05 bits per heavy atom. The quantitative estimate of drug-likeness (QED) is 0.300. The van der Waals surface area contributed by atoms with E-state index in [0.29, 0.717) is 22.0 Å². The fourth-order valence-electron chi connectivity index (χ4n) is 5.96. The smallest absolute Gasteiger partial charge is 0.328 e. The van der Waals surface area contributed by atoms with Gasteiger partial charge in [-0.2, -0.15) is 0 Å². The number of hydrogen-bond acceptors (Lipinski definition) is 6.